The van der Waals surface area contributed by atoms with Gasteiger partial charge in [0.1, 0.15) is 0 Å². The number of nitrogens with one attached hydrogen (secondary N) is 2. The van der Waals surface area contributed by atoms with Crippen LogP contribution in [-0.2, 0) is 14.3 Å². The van der Waals surface area contributed by atoms with Crippen molar-refractivity contribution in [1.82, 2.24) is 5.32 Å². The average Bonchev–Trinajstić information content (AvgIpc) is 3.01. The summed E-state index contributed by atoms with van der Waals surface area (Å²) in [5, 5.41) is 5.72. The van der Waals surface area contributed by atoms with Crippen LogP contribution in [-0.4, -0.2) is 35.7 Å². The molecule has 25 heavy (non-hydrogen) atoms. The fraction of sp³-hybridized carbons (Fsp3) is 0.500. The maximum atomic E-state index is 12.3. The van der Waals surface area contributed by atoms with Crippen molar-refractivity contribution in [2.75, 3.05) is 11.1 Å². The molecule has 2 aliphatic rings. The minimum absolute atomic E-state index is 0.0684. The highest BCUT2D eigenvalue weighted by molar-refractivity contribution is 7.99. The van der Waals surface area contributed by atoms with Gasteiger partial charge in [0, 0.05) is 23.1 Å². The molecule has 0 saturated heterocycles. The fourth-order valence-corrected chi connectivity index (χ4v) is 3.95. The van der Waals surface area contributed by atoms with Gasteiger partial charge in [-0.1, -0.05) is 12.8 Å². The summed E-state index contributed by atoms with van der Waals surface area (Å²) in [6.07, 6.45) is 3.80. The Bertz CT molecular complexity index is 686. The first kappa shape index (κ1) is 17.8. The monoisotopic (exact) mass is 362 g/mol. The number of benzene rings is 1. The Morgan fingerprint density at radius 3 is 2.84 bits per heavy atom. The van der Waals surface area contributed by atoms with Gasteiger partial charge in [0.05, 0.1) is 11.3 Å². The molecular formula is C18H22N2O4S. The predicted molar refractivity (Wildman–Crippen MR) is 95.7 cm³/mol. The number of fused-ring (bicyclic) bond motifs is 1. The Kier molecular flexibility index (Phi) is 5.63. The van der Waals surface area contributed by atoms with E-state index in [1.54, 1.807) is 36.9 Å². The molecule has 3 rings (SSSR count). The second-order valence-electron chi connectivity index (χ2n) is 6.40. The molecule has 1 aliphatic carbocycles. The lowest BCUT2D eigenvalue weighted by Gasteiger charge is -2.17. The van der Waals surface area contributed by atoms with E-state index in [0.717, 1.165) is 30.6 Å². The number of carbonyl (C=O) groups is 3. The van der Waals surface area contributed by atoms with Gasteiger partial charge in [-0.3, -0.25) is 9.59 Å². The number of hydrogen-bond acceptors (Lipinski definition) is 5. The lowest BCUT2D eigenvalue weighted by molar-refractivity contribution is -0.129. The molecule has 1 aromatic rings. The number of esters is 1. The van der Waals surface area contributed by atoms with Gasteiger partial charge in [-0.05, 0) is 38.0 Å². The van der Waals surface area contributed by atoms with Crippen LogP contribution in [0, 0.1) is 0 Å². The molecule has 0 unspecified atom stereocenters. The summed E-state index contributed by atoms with van der Waals surface area (Å²) in [5.74, 6) is -0.193. The van der Waals surface area contributed by atoms with Crippen LogP contribution in [0.25, 0.3) is 0 Å². The molecular weight excluding hydrogens is 340 g/mol. The standard InChI is InChI=1S/C18H22N2O4S/c1-11(17(22)19-13-4-2-3-5-13)24-18(23)12-6-7-15-14(10-12)20-16(21)8-9-25-15/h6-7,10-11,13H,2-5,8-9H2,1H3,(H,19,22)(H,20,21)/t11-/m1/s1. The van der Waals surface area contributed by atoms with E-state index in [2.05, 4.69) is 10.6 Å². The normalized spacial score (nSPS) is 18.7. The summed E-state index contributed by atoms with van der Waals surface area (Å²) >= 11 is 1.57. The molecule has 1 saturated carbocycles. The number of anilines is 1. The molecule has 1 aromatic carbocycles. The van der Waals surface area contributed by atoms with E-state index in [9.17, 15) is 14.4 Å². The second-order valence-corrected chi connectivity index (χ2v) is 7.53. The van der Waals surface area contributed by atoms with Gasteiger partial charge in [0.2, 0.25) is 5.91 Å². The topological polar surface area (TPSA) is 84.5 Å². The first-order valence-electron chi connectivity index (χ1n) is 8.61. The highest BCUT2D eigenvalue weighted by Gasteiger charge is 2.24. The Labute approximate surface area is 151 Å². The van der Waals surface area contributed by atoms with Crippen molar-refractivity contribution in [2.45, 2.75) is 56.1 Å². The zero-order valence-corrected chi connectivity index (χ0v) is 15.0. The molecule has 0 aromatic heterocycles. The minimum atomic E-state index is -0.851. The quantitative estimate of drug-likeness (QED) is 0.805. The highest BCUT2D eigenvalue weighted by atomic mass is 32.2. The number of rotatable bonds is 4. The van der Waals surface area contributed by atoms with Crippen LogP contribution in [0.2, 0.25) is 0 Å². The Hall–Kier alpha value is -2.02. The number of carbonyl (C=O) groups excluding carboxylic acids is 3. The van der Waals surface area contributed by atoms with E-state index in [0.29, 0.717) is 23.4 Å². The van der Waals surface area contributed by atoms with Crippen molar-refractivity contribution < 1.29 is 19.1 Å². The van der Waals surface area contributed by atoms with E-state index in [4.69, 9.17) is 4.74 Å². The lowest BCUT2D eigenvalue weighted by Crippen LogP contribution is -2.40. The highest BCUT2D eigenvalue weighted by Crippen LogP contribution is 2.31. The number of hydrogen-bond donors (Lipinski definition) is 2. The van der Waals surface area contributed by atoms with Gasteiger partial charge in [-0.25, -0.2) is 4.79 Å². The van der Waals surface area contributed by atoms with E-state index in [1.165, 1.54) is 0 Å². The summed E-state index contributed by atoms with van der Waals surface area (Å²) in [7, 11) is 0. The van der Waals surface area contributed by atoms with Crippen LogP contribution in [0.5, 0.6) is 0 Å². The molecule has 2 N–H and O–H groups in total. The zero-order chi connectivity index (χ0) is 17.8. The molecule has 2 amide bonds. The van der Waals surface area contributed by atoms with Gasteiger partial charge >= 0.3 is 5.97 Å². The molecule has 1 heterocycles. The fourth-order valence-electron chi connectivity index (χ4n) is 3.02. The third kappa shape index (κ3) is 4.54. The summed E-state index contributed by atoms with van der Waals surface area (Å²) in [5.41, 5.74) is 0.937. The molecule has 6 nitrogen and oxygen atoms in total. The van der Waals surface area contributed by atoms with E-state index >= 15 is 0 Å². The molecule has 1 aliphatic heterocycles. The minimum Gasteiger partial charge on any atom is -0.449 e. The number of ether oxygens (including phenoxy) is 1. The molecule has 1 atom stereocenters. The van der Waals surface area contributed by atoms with Crippen LogP contribution in [0.1, 0.15) is 49.4 Å². The van der Waals surface area contributed by atoms with Crippen LogP contribution in [0.4, 0.5) is 5.69 Å². The third-order valence-electron chi connectivity index (χ3n) is 4.43. The van der Waals surface area contributed by atoms with Gasteiger partial charge < -0.3 is 15.4 Å². The smallest absolute Gasteiger partial charge is 0.338 e. The summed E-state index contributed by atoms with van der Waals surface area (Å²) in [4.78, 5) is 37.1. The first-order valence-corrected chi connectivity index (χ1v) is 9.59. The van der Waals surface area contributed by atoms with Crippen molar-refractivity contribution >= 4 is 35.2 Å². The predicted octanol–water partition coefficient (Wildman–Crippen LogP) is 2.73. The molecule has 0 spiro atoms. The van der Waals surface area contributed by atoms with Crippen molar-refractivity contribution in [3.8, 4) is 0 Å². The molecule has 1 fully saturated rings. The van der Waals surface area contributed by atoms with Gasteiger partial charge in [-0.2, -0.15) is 0 Å². The Morgan fingerprint density at radius 1 is 1.32 bits per heavy atom. The summed E-state index contributed by atoms with van der Waals surface area (Å²) in [6, 6.07) is 5.25. The van der Waals surface area contributed by atoms with E-state index in [1.807, 2.05) is 0 Å². The van der Waals surface area contributed by atoms with Crippen molar-refractivity contribution in [3.05, 3.63) is 23.8 Å². The SMILES string of the molecule is C[C@@H](OC(=O)c1ccc2c(c1)NC(=O)CCS2)C(=O)NC1CCCC1. The van der Waals surface area contributed by atoms with Crippen molar-refractivity contribution in [2.24, 2.45) is 0 Å². The van der Waals surface area contributed by atoms with Gasteiger partial charge in [-0.15, -0.1) is 11.8 Å². The summed E-state index contributed by atoms with van der Waals surface area (Å²) < 4.78 is 5.29. The third-order valence-corrected chi connectivity index (χ3v) is 5.51. The molecule has 0 radical (unpaired) electrons. The van der Waals surface area contributed by atoms with Crippen LogP contribution in [0.3, 0.4) is 0 Å². The van der Waals surface area contributed by atoms with Crippen LogP contribution >= 0.6 is 11.8 Å². The van der Waals surface area contributed by atoms with Crippen LogP contribution in [0.15, 0.2) is 23.1 Å². The molecule has 0 bridgehead atoms. The number of amides is 2. The maximum absolute atomic E-state index is 12.3. The Balaban J connectivity index is 1.62. The van der Waals surface area contributed by atoms with Crippen LogP contribution < -0.4 is 10.6 Å². The first-order chi connectivity index (χ1) is 12.0. The van der Waals surface area contributed by atoms with E-state index in [-0.39, 0.29) is 17.9 Å². The number of thioether (sulfide) groups is 1. The average molecular weight is 362 g/mol. The Morgan fingerprint density at radius 2 is 2.08 bits per heavy atom. The lowest BCUT2D eigenvalue weighted by atomic mass is 10.2. The second kappa shape index (κ2) is 7.91. The molecule has 134 valence electrons. The van der Waals surface area contributed by atoms with Gasteiger partial charge in [0.25, 0.3) is 5.91 Å². The zero-order valence-electron chi connectivity index (χ0n) is 14.2. The van der Waals surface area contributed by atoms with E-state index < -0.39 is 12.1 Å². The molecule has 7 heteroatoms. The van der Waals surface area contributed by atoms with Crippen molar-refractivity contribution in [1.29, 1.82) is 0 Å². The summed E-state index contributed by atoms with van der Waals surface area (Å²) in [6.45, 7) is 1.57. The van der Waals surface area contributed by atoms with Crippen molar-refractivity contribution in [3.63, 3.8) is 0 Å². The van der Waals surface area contributed by atoms with Gasteiger partial charge in [0.15, 0.2) is 6.10 Å². The largest absolute Gasteiger partial charge is 0.449 e. The maximum Gasteiger partial charge on any atom is 0.338 e.